The van der Waals surface area contributed by atoms with E-state index in [0.29, 0.717) is 0 Å². The van der Waals surface area contributed by atoms with E-state index in [0.717, 1.165) is 45.0 Å². The monoisotopic (exact) mass is 764 g/mol. The van der Waals surface area contributed by atoms with Gasteiger partial charge in [0, 0.05) is 27.7 Å². The molecular formula is C58H40N2. The van der Waals surface area contributed by atoms with Crippen LogP contribution in [0.2, 0.25) is 0 Å². The van der Waals surface area contributed by atoms with Crippen LogP contribution >= 0.6 is 0 Å². The average molecular weight is 765 g/mol. The van der Waals surface area contributed by atoms with Gasteiger partial charge in [-0.25, -0.2) is 0 Å². The highest BCUT2D eigenvalue weighted by Crippen LogP contribution is 2.49. The van der Waals surface area contributed by atoms with Gasteiger partial charge in [-0.3, -0.25) is 0 Å². The van der Waals surface area contributed by atoms with Gasteiger partial charge in [0.1, 0.15) is 0 Å². The van der Waals surface area contributed by atoms with Crippen molar-refractivity contribution < 1.29 is 0 Å². The van der Waals surface area contributed by atoms with Gasteiger partial charge >= 0.3 is 0 Å². The first kappa shape index (κ1) is 35.2. The zero-order valence-corrected chi connectivity index (χ0v) is 33.0. The van der Waals surface area contributed by atoms with Crippen LogP contribution in [0.25, 0.3) is 82.8 Å². The number of aromatic nitrogens is 1. The summed E-state index contributed by atoms with van der Waals surface area (Å²) < 4.78 is 2.41. The summed E-state index contributed by atoms with van der Waals surface area (Å²) in [4.78, 5) is 2.51. The normalized spacial score (nSPS) is 11.3. The van der Waals surface area contributed by atoms with Crippen LogP contribution in [0.4, 0.5) is 17.1 Å². The van der Waals surface area contributed by atoms with Crippen LogP contribution in [0.5, 0.6) is 0 Å². The second kappa shape index (κ2) is 15.1. The molecule has 0 saturated carbocycles. The average Bonchev–Trinajstić information content (AvgIpc) is 3.67. The van der Waals surface area contributed by atoms with Crippen LogP contribution in [0.1, 0.15) is 0 Å². The van der Waals surface area contributed by atoms with E-state index in [1.807, 2.05) is 0 Å². The summed E-state index contributed by atoms with van der Waals surface area (Å²) in [6, 6.07) is 88.1. The molecule has 60 heavy (non-hydrogen) atoms. The Hall–Kier alpha value is -7.94. The molecule has 282 valence electrons. The minimum Gasteiger partial charge on any atom is -0.309 e. The van der Waals surface area contributed by atoms with Crippen molar-refractivity contribution in [1.29, 1.82) is 0 Å². The lowest BCUT2D eigenvalue weighted by molar-refractivity contribution is 1.18. The van der Waals surface area contributed by atoms with Crippen molar-refractivity contribution >= 4 is 49.6 Å². The molecule has 0 radical (unpaired) electrons. The molecule has 10 aromatic carbocycles. The zero-order chi connectivity index (χ0) is 39.8. The predicted molar refractivity (Wildman–Crippen MR) is 255 cm³/mol. The second-order valence-corrected chi connectivity index (χ2v) is 15.3. The Morgan fingerprint density at radius 2 is 0.867 bits per heavy atom. The predicted octanol–water partition coefficient (Wildman–Crippen LogP) is 16.1. The first-order valence-corrected chi connectivity index (χ1v) is 20.6. The molecule has 0 atom stereocenters. The standard InChI is InChI=1S/C58H40N2/c1-5-19-41(20-6-1)45-35-37-49(43-21-7-2-8-22-43)57(39-45)60(56-34-18-33-55-58(56)52-30-15-16-32-54(52)59(55)46-27-11-4-12-28-46)47-36-38-51(53(40-47)44-23-9-3-10-24-44)50-31-17-26-42-25-13-14-29-48(42)50/h1-40H. The number of rotatable bonds is 8. The van der Waals surface area contributed by atoms with Crippen molar-refractivity contribution in [1.82, 2.24) is 4.57 Å². The Labute approximate surface area is 350 Å². The molecule has 0 aliphatic rings. The van der Waals surface area contributed by atoms with Crippen molar-refractivity contribution in [3.63, 3.8) is 0 Å². The van der Waals surface area contributed by atoms with E-state index in [-0.39, 0.29) is 0 Å². The molecule has 1 aromatic heterocycles. The lowest BCUT2D eigenvalue weighted by Gasteiger charge is -2.30. The van der Waals surface area contributed by atoms with Gasteiger partial charge in [0.25, 0.3) is 0 Å². The van der Waals surface area contributed by atoms with E-state index in [2.05, 4.69) is 252 Å². The van der Waals surface area contributed by atoms with E-state index < -0.39 is 0 Å². The third kappa shape index (κ3) is 6.14. The molecule has 1 heterocycles. The highest BCUT2D eigenvalue weighted by molar-refractivity contribution is 6.17. The van der Waals surface area contributed by atoms with Crippen molar-refractivity contribution in [2.24, 2.45) is 0 Å². The Morgan fingerprint density at radius 3 is 1.62 bits per heavy atom. The van der Waals surface area contributed by atoms with Crippen LogP contribution in [0.15, 0.2) is 243 Å². The fraction of sp³-hybridized carbons (Fsp3) is 0. The van der Waals surface area contributed by atoms with Gasteiger partial charge in [-0.15, -0.1) is 0 Å². The largest absolute Gasteiger partial charge is 0.309 e. The molecule has 11 aromatic rings. The second-order valence-electron chi connectivity index (χ2n) is 15.3. The molecule has 0 amide bonds. The Kier molecular flexibility index (Phi) is 8.87. The van der Waals surface area contributed by atoms with Crippen LogP contribution in [0.3, 0.4) is 0 Å². The van der Waals surface area contributed by atoms with Crippen molar-refractivity contribution in [3.8, 4) is 50.2 Å². The number of hydrogen-bond acceptors (Lipinski definition) is 1. The summed E-state index contributed by atoms with van der Waals surface area (Å²) in [5.74, 6) is 0. The third-order valence-corrected chi connectivity index (χ3v) is 11.8. The van der Waals surface area contributed by atoms with Crippen LogP contribution in [-0.2, 0) is 0 Å². The van der Waals surface area contributed by atoms with Crippen molar-refractivity contribution in [2.75, 3.05) is 4.90 Å². The molecule has 0 fully saturated rings. The highest BCUT2D eigenvalue weighted by Gasteiger charge is 2.25. The minimum absolute atomic E-state index is 1.07. The van der Waals surface area contributed by atoms with E-state index in [9.17, 15) is 0 Å². The van der Waals surface area contributed by atoms with E-state index >= 15 is 0 Å². The van der Waals surface area contributed by atoms with Crippen LogP contribution < -0.4 is 4.90 Å². The van der Waals surface area contributed by atoms with Gasteiger partial charge in [0.2, 0.25) is 0 Å². The summed E-state index contributed by atoms with van der Waals surface area (Å²) in [7, 11) is 0. The lowest BCUT2D eigenvalue weighted by Crippen LogP contribution is -2.12. The number of para-hydroxylation sites is 2. The minimum atomic E-state index is 1.07. The zero-order valence-electron chi connectivity index (χ0n) is 33.0. The van der Waals surface area contributed by atoms with E-state index in [4.69, 9.17) is 0 Å². The van der Waals surface area contributed by atoms with Gasteiger partial charge in [-0.1, -0.05) is 194 Å². The number of benzene rings is 10. The number of nitrogens with zero attached hydrogens (tertiary/aromatic N) is 2. The first-order chi connectivity index (χ1) is 29.8. The number of fused-ring (bicyclic) bond motifs is 4. The topological polar surface area (TPSA) is 8.17 Å². The van der Waals surface area contributed by atoms with Gasteiger partial charge in [-0.2, -0.15) is 0 Å². The molecule has 0 saturated heterocycles. The first-order valence-electron chi connectivity index (χ1n) is 20.6. The number of hydrogen-bond donors (Lipinski definition) is 0. The summed E-state index contributed by atoms with van der Waals surface area (Å²) in [5, 5.41) is 4.86. The Balaban J connectivity index is 1.26. The van der Waals surface area contributed by atoms with Crippen LogP contribution in [0, 0.1) is 0 Å². The fourth-order valence-electron chi connectivity index (χ4n) is 9.06. The molecule has 0 spiro atoms. The van der Waals surface area contributed by atoms with Crippen molar-refractivity contribution in [3.05, 3.63) is 243 Å². The maximum absolute atomic E-state index is 2.51. The number of anilines is 3. The van der Waals surface area contributed by atoms with Crippen molar-refractivity contribution in [2.45, 2.75) is 0 Å². The summed E-state index contributed by atoms with van der Waals surface area (Å²) in [6.07, 6.45) is 0. The molecular weight excluding hydrogens is 725 g/mol. The van der Waals surface area contributed by atoms with Gasteiger partial charge in [0.05, 0.1) is 22.4 Å². The molecule has 0 N–H and O–H groups in total. The quantitative estimate of drug-likeness (QED) is 0.150. The van der Waals surface area contributed by atoms with E-state index in [1.54, 1.807) is 0 Å². The third-order valence-electron chi connectivity index (χ3n) is 11.8. The SMILES string of the molecule is c1ccc(-c2ccc(-c3ccccc3)c(N(c3ccc(-c4cccc5ccccc45)c(-c4ccccc4)c3)c3cccc4c3c3ccccc3n4-c3ccccc3)c2)cc1. The summed E-state index contributed by atoms with van der Waals surface area (Å²) in [6.45, 7) is 0. The fourth-order valence-corrected chi connectivity index (χ4v) is 9.06. The molecule has 0 unspecified atom stereocenters. The maximum Gasteiger partial charge on any atom is 0.0562 e. The highest BCUT2D eigenvalue weighted by atomic mass is 15.2. The molecule has 11 rings (SSSR count). The van der Waals surface area contributed by atoms with E-state index in [1.165, 1.54) is 54.9 Å². The van der Waals surface area contributed by atoms with Gasteiger partial charge in [-0.05, 0) is 98.2 Å². The molecule has 0 bridgehead atoms. The lowest BCUT2D eigenvalue weighted by atomic mass is 9.90. The summed E-state index contributed by atoms with van der Waals surface area (Å²) >= 11 is 0. The molecule has 0 aliphatic heterocycles. The Bertz CT molecular complexity index is 3290. The molecule has 0 aliphatic carbocycles. The maximum atomic E-state index is 2.51. The van der Waals surface area contributed by atoms with Crippen LogP contribution in [-0.4, -0.2) is 4.57 Å². The molecule has 2 nitrogen and oxygen atoms in total. The van der Waals surface area contributed by atoms with Gasteiger partial charge < -0.3 is 9.47 Å². The smallest absolute Gasteiger partial charge is 0.0562 e. The summed E-state index contributed by atoms with van der Waals surface area (Å²) in [5.41, 5.74) is 16.1. The van der Waals surface area contributed by atoms with Gasteiger partial charge in [0.15, 0.2) is 0 Å². The molecule has 2 heteroatoms. The Morgan fingerprint density at radius 1 is 0.300 bits per heavy atom.